The van der Waals surface area contributed by atoms with Crippen molar-refractivity contribution in [2.24, 2.45) is 0 Å². The van der Waals surface area contributed by atoms with Gasteiger partial charge in [0.05, 0.1) is 4.75 Å². The summed E-state index contributed by atoms with van der Waals surface area (Å²) in [5, 5.41) is 33.5. The fraction of sp³-hybridized carbons (Fsp3) is 0.263. The third-order valence-electron chi connectivity index (χ3n) is 4.92. The standard InChI is InChI=1S/C19H18F2N8OS/c1-18(2,31-16-6-5-14(26-28-16)17-23-10-25-29-17)19(30,8-15-22-9-24-27-15)12-4-3-11(20)7-13(12)21/h3-7,9-10,30H,8H2,1-2H3,(H,22,24,27)(H,23,25,29). The van der Waals surface area contributed by atoms with Crippen molar-refractivity contribution >= 4 is 11.8 Å². The molecule has 0 radical (unpaired) electrons. The average molecular weight is 444 g/mol. The number of halogens is 2. The van der Waals surface area contributed by atoms with E-state index in [4.69, 9.17) is 0 Å². The summed E-state index contributed by atoms with van der Waals surface area (Å²) in [5.41, 5.74) is -1.35. The molecule has 0 aliphatic rings. The second-order valence-corrected chi connectivity index (χ2v) is 8.94. The van der Waals surface area contributed by atoms with Gasteiger partial charge in [0.15, 0.2) is 5.82 Å². The van der Waals surface area contributed by atoms with Crippen LogP contribution in [0.25, 0.3) is 11.5 Å². The summed E-state index contributed by atoms with van der Waals surface area (Å²) in [4.78, 5) is 8.08. The second-order valence-electron chi connectivity index (χ2n) is 7.30. The summed E-state index contributed by atoms with van der Waals surface area (Å²) >= 11 is 1.20. The van der Waals surface area contributed by atoms with E-state index in [1.54, 1.807) is 26.0 Å². The van der Waals surface area contributed by atoms with Gasteiger partial charge in [0.1, 0.15) is 46.4 Å². The quantitative estimate of drug-likeness (QED) is 0.371. The van der Waals surface area contributed by atoms with Crippen molar-refractivity contribution in [2.45, 2.75) is 35.6 Å². The van der Waals surface area contributed by atoms with Crippen LogP contribution in [0.4, 0.5) is 8.78 Å². The van der Waals surface area contributed by atoms with Crippen LogP contribution >= 0.6 is 11.8 Å². The topological polar surface area (TPSA) is 129 Å². The monoisotopic (exact) mass is 444 g/mol. The Hall–Kier alpha value is -3.25. The predicted octanol–water partition coefficient (Wildman–Crippen LogP) is 2.66. The Labute approximate surface area is 179 Å². The zero-order valence-electron chi connectivity index (χ0n) is 16.5. The lowest BCUT2D eigenvalue weighted by Gasteiger charge is -2.42. The molecule has 12 heteroatoms. The SMILES string of the molecule is CC(C)(Sc1ccc(-c2ncn[nH]2)nn1)C(O)(Cc1ncn[nH]1)c1ccc(F)cc1F. The lowest BCUT2D eigenvalue weighted by atomic mass is 9.79. The van der Waals surface area contributed by atoms with E-state index < -0.39 is 22.0 Å². The second kappa shape index (κ2) is 8.12. The van der Waals surface area contributed by atoms with Crippen LogP contribution in [0.2, 0.25) is 0 Å². The van der Waals surface area contributed by atoms with Crippen LogP contribution in [0.5, 0.6) is 0 Å². The van der Waals surface area contributed by atoms with Gasteiger partial charge in [0, 0.05) is 18.1 Å². The zero-order chi connectivity index (χ0) is 22.1. The fourth-order valence-corrected chi connectivity index (χ4v) is 4.28. The Morgan fingerprint density at radius 3 is 2.39 bits per heavy atom. The van der Waals surface area contributed by atoms with Crippen LogP contribution in [-0.4, -0.2) is 50.4 Å². The van der Waals surface area contributed by atoms with Gasteiger partial charge in [-0.2, -0.15) is 10.2 Å². The molecule has 0 aliphatic heterocycles. The lowest BCUT2D eigenvalue weighted by Crippen LogP contribution is -2.48. The van der Waals surface area contributed by atoms with Crippen LogP contribution in [0.3, 0.4) is 0 Å². The molecule has 1 atom stereocenters. The molecule has 0 saturated carbocycles. The van der Waals surface area contributed by atoms with Gasteiger partial charge >= 0.3 is 0 Å². The number of benzene rings is 1. The molecule has 3 aromatic heterocycles. The van der Waals surface area contributed by atoms with Crippen molar-refractivity contribution in [1.29, 1.82) is 0 Å². The molecule has 31 heavy (non-hydrogen) atoms. The summed E-state index contributed by atoms with van der Waals surface area (Å²) in [6, 6.07) is 6.51. The minimum absolute atomic E-state index is 0.0611. The summed E-state index contributed by atoms with van der Waals surface area (Å²) in [6.07, 6.45) is 2.58. The maximum absolute atomic E-state index is 14.8. The smallest absolute Gasteiger partial charge is 0.176 e. The molecule has 1 unspecified atom stereocenters. The number of nitrogens with zero attached hydrogens (tertiary/aromatic N) is 6. The Morgan fingerprint density at radius 1 is 1.00 bits per heavy atom. The first-order valence-electron chi connectivity index (χ1n) is 9.19. The average Bonchev–Trinajstić information content (AvgIpc) is 3.42. The van der Waals surface area contributed by atoms with Crippen LogP contribution in [-0.2, 0) is 12.0 Å². The van der Waals surface area contributed by atoms with Crippen molar-refractivity contribution in [3.05, 3.63) is 66.0 Å². The van der Waals surface area contributed by atoms with Crippen LogP contribution < -0.4 is 0 Å². The fourth-order valence-electron chi connectivity index (χ4n) is 3.19. The first-order chi connectivity index (χ1) is 14.8. The van der Waals surface area contributed by atoms with Gasteiger partial charge in [-0.25, -0.2) is 18.7 Å². The molecule has 0 saturated heterocycles. The molecule has 0 bridgehead atoms. The van der Waals surface area contributed by atoms with Gasteiger partial charge in [-0.05, 0) is 32.0 Å². The van der Waals surface area contributed by atoms with Crippen molar-refractivity contribution in [2.75, 3.05) is 0 Å². The number of nitrogens with one attached hydrogen (secondary N) is 2. The minimum atomic E-state index is -1.79. The normalized spacial score (nSPS) is 13.8. The molecule has 160 valence electrons. The highest BCUT2D eigenvalue weighted by Crippen LogP contribution is 2.47. The van der Waals surface area contributed by atoms with Crippen LogP contribution in [0, 0.1) is 11.6 Å². The molecule has 3 heterocycles. The maximum atomic E-state index is 14.8. The highest BCUT2D eigenvalue weighted by molar-refractivity contribution is 8.00. The molecular formula is C19H18F2N8OS. The van der Waals surface area contributed by atoms with Crippen LogP contribution in [0.1, 0.15) is 25.2 Å². The number of aromatic amines is 2. The Morgan fingerprint density at radius 2 is 1.77 bits per heavy atom. The largest absolute Gasteiger partial charge is 0.383 e. The molecule has 9 nitrogen and oxygen atoms in total. The number of aromatic nitrogens is 8. The van der Waals surface area contributed by atoms with E-state index in [-0.39, 0.29) is 12.0 Å². The molecule has 0 fully saturated rings. The number of hydrogen-bond donors (Lipinski definition) is 3. The van der Waals surface area contributed by atoms with Gasteiger partial charge in [0.2, 0.25) is 0 Å². The van der Waals surface area contributed by atoms with Gasteiger partial charge in [-0.1, -0.05) is 17.8 Å². The van der Waals surface area contributed by atoms with Gasteiger partial charge in [-0.15, -0.1) is 10.2 Å². The molecule has 1 aromatic carbocycles. The Bertz CT molecular complexity index is 1150. The Kier molecular flexibility index (Phi) is 5.50. The number of aliphatic hydroxyl groups is 1. The van der Waals surface area contributed by atoms with Crippen molar-refractivity contribution in [3.63, 3.8) is 0 Å². The highest BCUT2D eigenvalue weighted by atomic mass is 32.2. The van der Waals surface area contributed by atoms with E-state index >= 15 is 0 Å². The van der Waals surface area contributed by atoms with Gasteiger partial charge in [0.25, 0.3) is 0 Å². The zero-order valence-corrected chi connectivity index (χ0v) is 17.4. The summed E-state index contributed by atoms with van der Waals surface area (Å²) in [6.45, 7) is 3.48. The minimum Gasteiger partial charge on any atom is -0.383 e. The Balaban J connectivity index is 1.69. The van der Waals surface area contributed by atoms with E-state index in [1.807, 2.05) is 0 Å². The molecule has 4 aromatic rings. The third-order valence-corrected chi connectivity index (χ3v) is 6.19. The lowest BCUT2D eigenvalue weighted by molar-refractivity contribution is 0.00121. The molecule has 0 spiro atoms. The number of H-pyrrole nitrogens is 2. The van der Waals surface area contributed by atoms with Crippen molar-refractivity contribution in [3.8, 4) is 11.5 Å². The van der Waals surface area contributed by atoms with E-state index in [0.29, 0.717) is 22.4 Å². The number of rotatable bonds is 7. The molecule has 4 rings (SSSR count). The molecule has 0 amide bonds. The first-order valence-corrected chi connectivity index (χ1v) is 10.0. The summed E-state index contributed by atoms with van der Waals surface area (Å²) in [7, 11) is 0. The van der Waals surface area contributed by atoms with E-state index in [2.05, 4.69) is 40.6 Å². The summed E-state index contributed by atoms with van der Waals surface area (Å²) in [5.74, 6) is -0.768. The van der Waals surface area contributed by atoms with Crippen molar-refractivity contribution < 1.29 is 13.9 Å². The highest BCUT2D eigenvalue weighted by Gasteiger charge is 2.48. The predicted molar refractivity (Wildman–Crippen MR) is 108 cm³/mol. The maximum Gasteiger partial charge on any atom is 0.176 e. The number of hydrogen-bond acceptors (Lipinski definition) is 8. The first kappa shape index (κ1) is 21.0. The third kappa shape index (κ3) is 4.16. The van der Waals surface area contributed by atoms with E-state index in [9.17, 15) is 13.9 Å². The van der Waals surface area contributed by atoms with E-state index in [1.165, 1.54) is 30.5 Å². The van der Waals surface area contributed by atoms with Gasteiger partial charge < -0.3 is 5.11 Å². The molecular weight excluding hydrogens is 426 g/mol. The van der Waals surface area contributed by atoms with Crippen molar-refractivity contribution in [1.82, 2.24) is 40.6 Å². The summed E-state index contributed by atoms with van der Waals surface area (Å²) < 4.78 is 27.2. The number of thioether (sulfide) groups is 1. The molecule has 3 N–H and O–H groups in total. The molecule has 0 aliphatic carbocycles. The van der Waals surface area contributed by atoms with Gasteiger partial charge in [-0.3, -0.25) is 10.2 Å². The van der Waals surface area contributed by atoms with Crippen LogP contribution in [0.15, 0.2) is 48.0 Å². The van der Waals surface area contributed by atoms with E-state index in [0.717, 1.165) is 12.1 Å².